The highest BCUT2D eigenvalue weighted by Crippen LogP contribution is 2.52. The van der Waals surface area contributed by atoms with Crippen LogP contribution in [0.1, 0.15) is 26.7 Å². The fourth-order valence-electron chi connectivity index (χ4n) is 3.54. The highest BCUT2D eigenvalue weighted by atomic mass is 14.5. The van der Waals surface area contributed by atoms with Crippen LogP contribution >= 0.6 is 0 Å². The Kier molecular flexibility index (Phi) is 1.51. The lowest BCUT2D eigenvalue weighted by Gasteiger charge is -2.39. The summed E-state index contributed by atoms with van der Waals surface area (Å²) in [7, 11) is 0. The van der Waals surface area contributed by atoms with Gasteiger partial charge in [-0.15, -0.1) is 0 Å². The summed E-state index contributed by atoms with van der Waals surface area (Å²) >= 11 is 0. The molecule has 0 nitrogen and oxygen atoms in total. The van der Waals surface area contributed by atoms with Crippen LogP contribution in [0, 0.1) is 29.6 Å². The van der Waals surface area contributed by atoms with E-state index in [1.807, 2.05) is 0 Å². The van der Waals surface area contributed by atoms with E-state index in [0.717, 1.165) is 29.6 Å². The van der Waals surface area contributed by atoms with Crippen molar-refractivity contribution in [1.82, 2.24) is 0 Å². The second-order valence-electron chi connectivity index (χ2n) is 5.22. The summed E-state index contributed by atoms with van der Waals surface area (Å²) in [5, 5.41) is 0. The van der Waals surface area contributed by atoms with Crippen molar-refractivity contribution < 1.29 is 0 Å². The van der Waals surface area contributed by atoms with Crippen LogP contribution in [0.2, 0.25) is 0 Å². The van der Waals surface area contributed by atoms with E-state index >= 15 is 0 Å². The fraction of sp³-hybridized carbons (Fsp3) is 0.692. The van der Waals surface area contributed by atoms with Crippen molar-refractivity contribution >= 4 is 0 Å². The van der Waals surface area contributed by atoms with Gasteiger partial charge in [0.25, 0.3) is 0 Å². The Hall–Kier alpha value is -0.520. The quantitative estimate of drug-likeness (QED) is 0.534. The molecule has 13 heavy (non-hydrogen) atoms. The molecule has 1 saturated carbocycles. The van der Waals surface area contributed by atoms with E-state index in [4.69, 9.17) is 0 Å². The van der Waals surface area contributed by atoms with Crippen LogP contribution in [0.4, 0.5) is 0 Å². The number of hydrogen-bond acceptors (Lipinski definition) is 0. The summed E-state index contributed by atoms with van der Waals surface area (Å²) in [6.45, 7) is 4.68. The first-order chi connectivity index (χ1) is 6.25. The van der Waals surface area contributed by atoms with Gasteiger partial charge in [0, 0.05) is 0 Å². The van der Waals surface area contributed by atoms with E-state index in [2.05, 4.69) is 32.1 Å². The van der Waals surface area contributed by atoms with Gasteiger partial charge in [0.05, 0.1) is 0 Å². The molecule has 0 aromatic rings. The van der Waals surface area contributed by atoms with Crippen molar-refractivity contribution in [2.75, 3.05) is 0 Å². The monoisotopic (exact) mass is 174 g/mol. The average Bonchev–Trinajstić information content (AvgIpc) is 2.74. The van der Waals surface area contributed by atoms with Crippen LogP contribution < -0.4 is 0 Å². The predicted octanol–water partition coefficient (Wildman–Crippen LogP) is 3.41. The van der Waals surface area contributed by atoms with Gasteiger partial charge in [0.15, 0.2) is 0 Å². The normalized spacial score (nSPS) is 52.2. The number of allylic oxidation sites excluding steroid dienone is 4. The Labute approximate surface area is 80.7 Å². The maximum atomic E-state index is 2.52. The molecule has 0 aromatic heterocycles. The third-order valence-electron chi connectivity index (χ3n) is 4.58. The Morgan fingerprint density at radius 3 is 2.54 bits per heavy atom. The first-order valence-corrected chi connectivity index (χ1v) is 5.62. The first-order valence-electron chi connectivity index (χ1n) is 5.62. The van der Waals surface area contributed by atoms with Crippen molar-refractivity contribution in [2.24, 2.45) is 29.6 Å². The van der Waals surface area contributed by atoms with Crippen molar-refractivity contribution in [3.05, 3.63) is 23.8 Å². The molecule has 1 fully saturated rings. The molecular weight excluding hydrogens is 156 g/mol. The summed E-state index contributed by atoms with van der Waals surface area (Å²) in [5.74, 6) is 4.66. The Bertz CT molecular complexity index is 284. The molecule has 5 unspecified atom stereocenters. The van der Waals surface area contributed by atoms with Gasteiger partial charge >= 0.3 is 0 Å². The maximum Gasteiger partial charge on any atom is -0.0134 e. The van der Waals surface area contributed by atoms with Crippen molar-refractivity contribution in [2.45, 2.75) is 26.7 Å². The minimum atomic E-state index is 0.873. The molecular formula is C13H18. The predicted molar refractivity (Wildman–Crippen MR) is 55.3 cm³/mol. The van der Waals surface area contributed by atoms with Crippen LogP contribution in [-0.4, -0.2) is 0 Å². The number of fused-ring (bicyclic) bond motifs is 2. The second-order valence-corrected chi connectivity index (χ2v) is 5.22. The lowest BCUT2D eigenvalue weighted by atomic mass is 9.66. The molecule has 70 valence electrons. The molecule has 0 amide bonds. The van der Waals surface area contributed by atoms with Gasteiger partial charge in [-0.1, -0.05) is 30.7 Å². The van der Waals surface area contributed by atoms with Crippen LogP contribution in [-0.2, 0) is 0 Å². The topological polar surface area (TPSA) is 0 Å². The molecule has 0 N–H and O–H groups in total. The van der Waals surface area contributed by atoms with Gasteiger partial charge in [-0.2, -0.15) is 0 Å². The van der Waals surface area contributed by atoms with E-state index in [9.17, 15) is 0 Å². The summed E-state index contributed by atoms with van der Waals surface area (Å²) in [4.78, 5) is 0. The van der Waals surface area contributed by atoms with Gasteiger partial charge in [-0.05, 0) is 49.4 Å². The molecule has 0 aliphatic heterocycles. The van der Waals surface area contributed by atoms with Crippen molar-refractivity contribution in [3.63, 3.8) is 0 Å². The van der Waals surface area contributed by atoms with E-state index in [-0.39, 0.29) is 0 Å². The largest absolute Gasteiger partial charge is 0.0851 e. The third kappa shape index (κ3) is 0.978. The molecule has 0 spiro atoms. The summed E-state index contributed by atoms with van der Waals surface area (Å²) < 4.78 is 0. The summed E-state index contributed by atoms with van der Waals surface area (Å²) in [6.07, 6.45) is 10.4. The van der Waals surface area contributed by atoms with Gasteiger partial charge in [0.1, 0.15) is 0 Å². The minimum Gasteiger partial charge on any atom is -0.0851 e. The molecule has 3 rings (SSSR count). The van der Waals surface area contributed by atoms with E-state index in [1.165, 1.54) is 12.8 Å². The van der Waals surface area contributed by atoms with Gasteiger partial charge < -0.3 is 0 Å². The van der Waals surface area contributed by atoms with Crippen molar-refractivity contribution in [1.29, 1.82) is 0 Å². The zero-order valence-electron chi connectivity index (χ0n) is 8.53. The van der Waals surface area contributed by atoms with Crippen LogP contribution in [0.3, 0.4) is 0 Å². The van der Waals surface area contributed by atoms with E-state index in [0.29, 0.717) is 0 Å². The van der Waals surface area contributed by atoms with Gasteiger partial charge in [-0.25, -0.2) is 0 Å². The lowest BCUT2D eigenvalue weighted by Crippen LogP contribution is -2.30. The molecule has 0 radical (unpaired) electrons. The van der Waals surface area contributed by atoms with Crippen molar-refractivity contribution in [3.8, 4) is 0 Å². The van der Waals surface area contributed by atoms with Gasteiger partial charge in [-0.3, -0.25) is 0 Å². The summed E-state index contributed by atoms with van der Waals surface area (Å²) in [6, 6.07) is 0. The Morgan fingerprint density at radius 1 is 1.23 bits per heavy atom. The highest BCUT2D eigenvalue weighted by Gasteiger charge is 2.43. The third-order valence-corrected chi connectivity index (χ3v) is 4.58. The van der Waals surface area contributed by atoms with E-state index < -0.39 is 0 Å². The molecule has 2 bridgehead atoms. The van der Waals surface area contributed by atoms with Crippen LogP contribution in [0.25, 0.3) is 0 Å². The molecule has 3 aliphatic carbocycles. The summed E-state index contributed by atoms with van der Waals surface area (Å²) in [5.41, 5.74) is 1.62. The maximum absolute atomic E-state index is 2.52. The fourth-order valence-corrected chi connectivity index (χ4v) is 3.54. The van der Waals surface area contributed by atoms with E-state index in [1.54, 1.807) is 5.57 Å². The molecule has 0 heteroatoms. The highest BCUT2D eigenvalue weighted by molar-refractivity contribution is 5.24. The second kappa shape index (κ2) is 2.50. The zero-order chi connectivity index (χ0) is 9.00. The molecule has 5 atom stereocenters. The van der Waals surface area contributed by atoms with Crippen LogP contribution in [0.5, 0.6) is 0 Å². The van der Waals surface area contributed by atoms with Crippen LogP contribution in [0.15, 0.2) is 23.8 Å². The minimum absolute atomic E-state index is 0.873. The lowest BCUT2D eigenvalue weighted by molar-refractivity contribution is 0.251. The smallest absolute Gasteiger partial charge is 0.0134 e. The zero-order valence-corrected chi connectivity index (χ0v) is 8.53. The molecule has 0 heterocycles. The molecule has 3 aliphatic rings. The molecule has 0 saturated heterocycles. The number of rotatable bonds is 1. The Balaban J connectivity index is 1.79. The first kappa shape index (κ1) is 7.84. The average molecular weight is 174 g/mol. The number of hydrogen-bond donors (Lipinski definition) is 0. The Morgan fingerprint density at radius 2 is 2.08 bits per heavy atom. The standard InChI is InChI=1S/C13H18/c1-8-5-12(9(8)2)13-7-10-3-4-11(13)6-10/h3-5,9-13H,6-7H2,1-2H3. The molecule has 0 aromatic carbocycles. The SMILES string of the molecule is CC1=CC(C2CC3C=CC2C3)C1C. The van der Waals surface area contributed by atoms with Gasteiger partial charge in [0.2, 0.25) is 0 Å².